The van der Waals surface area contributed by atoms with Gasteiger partial charge in [0, 0.05) is 12.8 Å². The van der Waals surface area contributed by atoms with E-state index in [-0.39, 0.29) is 24.3 Å². The molecule has 0 aromatic rings. The number of hydrogen-bond donors (Lipinski definition) is 2. The highest BCUT2D eigenvalue weighted by molar-refractivity contribution is 7.92. The number of nitrogens with one attached hydrogen (secondary N) is 1. The average Bonchev–Trinajstić information content (AvgIpc) is 2.94. The van der Waals surface area contributed by atoms with Gasteiger partial charge >= 0.3 is 5.97 Å². The van der Waals surface area contributed by atoms with Gasteiger partial charge < -0.3 is 10.4 Å². The summed E-state index contributed by atoms with van der Waals surface area (Å²) in [4.78, 5) is 23.7. The van der Waals surface area contributed by atoms with Crippen molar-refractivity contribution in [3.05, 3.63) is 12.2 Å². The van der Waals surface area contributed by atoms with Crippen molar-refractivity contribution in [1.82, 2.24) is 5.32 Å². The second-order valence-electron chi connectivity index (χ2n) is 6.59. The minimum absolute atomic E-state index is 0.0192. The van der Waals surface area contributed by atoms with E-state index in [1.165, 1.54) is 13.8 Å². The van der Waals surface area contributed by atoms with Gasteiger partial charge in [-0.2, -0.15) is 0 Å². The Morgan fingerprint density at radius 3 is 2.24 bits per heavy atom. The van der Waals surface area contributed by atoms with Crippen molar-refractivity contribution in [1.29, 1.82) is 0 Å². The number of hydrogen-bond acceptors (Lipinski definition) is 4. The highest BCUT2D eigenvalue weighted by Gasteiger charge is 2.51. The number of carbonyl (C=O) groups is 2. The molecule has 0 saturated heterocycles. The maximum atomic E-state index is 12.3. The lowest BCUT2D eigenvalue weighted by Crippen LogP contribution is -2.47. The Balaban J connectivity index is 2.07. The van der Waals surface area contributed by atoms with Crippen molar-refractivity contribution in [2.24, 2.45) is 23.7 Å². The first-order chi connectivity index (χ1) is 9.54. The summed E-state index contributed by atoms with van der Waals surface area (Å²) < 4.78 is 22.2. The van der Waals surface area contributed by atoms with Crippen LogP contribution in [0.3, 0.4) is 0 Å². The van der Waals surface area contributed by atoms with Gasteiger partial charge in [0.15, 0.2) is 9.84 Å². The second-order valence-corrected chi connectivity index (χ2v) is 9.24. The summed E-state index contributed by atoms with van der Waals surface area (Å²) in [7, 11) is -3.31. The molecule has 6 nitrogen and oxygen atoms in total. The number of sulfone groups is 1. The van der Waals surface area contributed by atoms with Crippen molar-refractivity contribution < 1.29 is 23.1 Å². The minimum Gasteiger partial charge on any atom is -0.481 e. The molecule has 2 aliphatic carbocycles. The van der Waals surface area contributed by atoms with Crippen molar-refractivity contribution >= 4 is 21.7 Å². The molecule has 1 fully saturated rings. The number of allylic oxidation sites excluding steroid dienone is 2. The number of fused-ring (bicyclic) bond motifs is 2. The Hall–Kier alpha value is -1.37. The fourth-order valence-electron chi connectivity index (χ4n) is 3.07. The molecule has 1 amide bonds. The van der Waals surface area contributed by atoms with Crippen LogP contribution in [-0.2, 0) is 19.4 Å². The molecule has 2 unspecified atom stereocenters. The van der Waals surface area contributed by atoms with E-state index in [2.05, 4.69) is 5.32 Å². The van der Waals surface area contributed by atoms with E-state index in [9.17, 15) is 23.1 Å². The molecule has 2 aliphatic rings. The molecule has 0 aromatic heterocycles. The van der Waals surface area contributed by atoms with Crippen LogP contribution in [0.15, 0.2) is 12.2 Å². The van der Waals surface area contributed by atoms with Crippen molar-refractivity contribution in [3.8, 4) is 0 Å². The third-order valence-electron chi connectivity index (χ3n) is 4.74. The lowest BCUT2D eigenvalue weighted by Gasteiger charge is -2.27. The molecule has 21 heavy (non-hydrogen) atoms. The van der Waals surface area contributed by atoms with E-state index in [0.29, 0.717) is 6.42 Å². The van der Waals surface area contributed by atoms with Crippen molar-refractivity contribution in [3.63, 3.8) is 0 Å². The first-order valence-corrected chi connectivity index (χ1v) is 8.82. The highest BCUT2D eigenvalue weighted by Crippen LogP contribution is 2.48. The summed E-state index contributed by atoms with van der Waals surface area (Å²) in [5.74, 6) is -2.79. The quantitative estimate of drug-likeness (QED) is 0.717. The monoisotopic (exact) mass is 315 g/mol. The van der Waals surface area contributed by atoms with E-state index in [4.69, 9.17) is 0 Å². The van der Waals surface area contributed by atoms with Gasteiger partial charge in [0.05, 0.1) is 16.6 Å². The third kappa shape index (κ3) is 2.84. The molecular formula is C14H21NO5S. The summed E-state index contributed by atoms with van der Waals surface area (Å²) in [6, 6.07) is 0. The molecule has 7 heteroatoms. The van der Waals surface area contributed by atoms with E-state index in [1.807, 2.05) is 12.2 Å². The first kappa shape index (κ1) is 16.0. The molecular weight excluding hydrogens is 294 g/mol. The van der Waals surface area contributed by atoms with E-state index in [0.717, 1.165) is 6.26 Å². The summed E-state index contributed by atoms with van der Waals surface area (Å²) in [5.41, 5.74) is 0. The standard InChI is InChI=1S/C14H21NO5S/c1-14(2,21(3,19)20)7-15-12(16)10-8-4-5-9(6-8)11(10)13(17)18/h4-5,8-11H,6-7H2,1-3H3,(H,15,16)(H,17,18)/t8?,9?,10-,11+/m0/s1. The van der Waals surface area contributed by atoms with Gasteiger partial charge in [-0.1, -0.05) is 12.2 Å². The molecule has 118 valence electrons. The number of carboxylic acid groups (broad SMARTS) is 1. The van der Waals surface area contributed by atoms with Gasteiger partial charge in [-0.05, 0) is 32.1 Å². The van der Waals surface area contributed by atoms with Gasteiger partial charge in [0.2, 0.25) is 5.91 Å². The topological polar surface area (TPSA) is 101 Å². The summed E-state index contributed by atoms with van der Waals surface area (Å²) >= 11 is 0. The molecule has 4 atom stereocenters. The fraction of sp³-hybridized carbons (Fsp3) is 0.714. The molecule has 0 aromatic carbocycles. The zero-order valence-electron chi connectivity index (χ0n) is 12.4. The lowest BCUT2D eigenvalue weighted by molar-refractivity contribution is -0.147. The Morgan fingerprint density at radius 1 is 1.24 bits per heavy atom. The molecule has 2 rings (SSSR count). The normalized spacial score (nSPS) is 31.4. The van der Waals surface area contributed by atoms with E-state index in [1.54, 1.807) is 0 Å². The van der Waals surface area contributed by atoms with Crippen molar-refractivity contribution in [2.45, 2.75) is 25.0 Å². The molecule has 1 saturated carbocycles. The van der Waals surface area contributed by atoms with Crippen LogP contribution in [0, 0.1) is 23.7 Å². The Labute approximate surface area is 124 Å². The van der Waals surface area contributed by atoms with E-state index < -0.39 is 32.4 Å². The molecule has 0 aliphatic heterocycles. The van der Waals surface area contributed by atoms with Crippen LogP contribution in [0.1, 0.15) is 20.3 Å². The van der Waals surface area contributed by atoms with Crippen molar-refractivity contribution in [2.75, 3.05) is 12.8 Å². The molecule has 2 bridgehead atoms. The number of amides is 1. The first-order valence-electron chi connectivity index (χ1n) is 6.93. The Morgan fingerprint density at radius 2 is 1.76 bits per heavy atom. The Kier molecular flexibility index (Phi) is 3.90. The van der Waals surface area contributed by atoms with E-state index >= 15 is 0 Å². The van der Waals surface area contributed by atoms with Crippen LogP contribution in [0.2, 0.25) is 0 Å². The lowest BCUT2D eigenvalue weighted by atomic mass is 9.82. The van der Waals surface area contributed by atoms with Gasteiger partial charge in [-0.3, -0.25) is 9.59 Å². The third-order valence-corrected chi connectivity index (χ3v) is 6.89. The number of carbonyl (C=O) groups excluding carboxylic acids is 1. The summed E-state index contributed by atoms with van der Waals surface area (Å²) in [5, 5.41) is 11.9. The fourth-order valence-corrected chi connectivity index (χ4v) is 3.40. The zero-order valence-corrected chi connectivity index (χ0v) is 13.2. The molecule has 0 spiro atoms. The maximum absolute atomic E-state index is 12.3. The van der Waals surface area contributed by atoms with Crippen LogP contribution in [0.5, 0.6) is 0 Å². The van der Waals surface area contributed by atoms with Gasteiger partial charge in [0.1, 0.15) is 0 Å². The smallest absolute Gasteiger partial charge is 0.307 e. The van der Waals surface area contributed by atoms with Crippen LogP contribution >= 0.6 is 0 Å². The number of carboxylic acids is 1. The SMILES string of the molecule is CC(C)(CNC(=O)[C@H]1C2C=CC(C2)[C@H]1C(=O)O)S(C)(=O)=O. The average molecular weight is 315 g/mol. The molecule has 0 radical (unpaired) electrons. The largest absolute Gasteiger partial charge is 0.481 e. The second kappa shape index (κ2) is 5.12. The number of aliphatic carboxylic acids is 1. The van der Waals surface area contributed by atoms with Gasteiger partial charge in [0.25, 0.3) is 0 Å². The summed E-state index contributed by atoms with van der Waals surface area (Å²) in [6.07, 6.45) is 5.58. The van der Waals surface area contributed by atoms with Gasteiger partial charge in [-0.15, -0.1) is 0 Å². The number of rotatable bonds is 5. The predicted molar refractivity (Wildman–Crippen MR) is 77.3 cm³/mol. The van der Waals surface area contributed by atoms with Gasteiger partial charge in [-0.25, -0.2) is 8.42 Å². The van der Waals surface area contributed by atoms with Crippen LogP contribution in [-0.4, -0.2) is 42.9 Å². The highest BCUT2D eigenvalue weighted by atomic mass is 32.2. The Bertz CT molecular complexity index is 592. The predicted octanol–water partition coefficient (Wildman–Crippen LogP) is 0.449. The zero-order chi connectivity index (χ0) is 16.0. The van der Waals surface area contributed by atoms with Crippen LogP contribution in [0.4, 0.5) is 0 Å². The maximum Gasteiger partial charge on any atom is 0.307 e. The van der Waals surface area contributed by atoms with Crippen LogP contribution in [0.25, 0.3) is 0 Å². The molecule has 0 heterocycles. The minimum atomic E-state index is -3.31. The molecule has 2 N–H and O–H groups in total. The summed E-state index contributed by atoms with van der Waals surface area (Å²) in [6.45, 7) is 3.06. The van der Waals surface area contributed by atoms with Crippen LogP contribution < -0.4 is 5.32 Å².